The molecular weight excluding hydrogens is 193 g/mol. The highest BCUT2D eigenvalue weighted by Gasteiger charge is 2.11. The van der Waals surface area contributed by atoms with Gasteiger partial charge >= 0.3 is 0 Å². The van der Waals surface area contributed by atoms with Gasteiger partial charge in [-0.25, -0.2) is 0 Å². The number of carbonyl (C=O) groups excluding carboxylic acids is 1. The second kappa shape index (κ2) is 7.71. The molecule has 0 bridgehead atoms. The minimum absolute atomic E-state index is 0.0558. The normalized spacial score (nSPS) is 11.4. The number of nitrogens with one attached hydrogen (secondary N) is 1. The molecule has 0 radical (unpaired) electrons. The highest BCUT2D eigenvalue weighted by Crippen LogP contribution is 1.96. The van der Waals surface area contributed by atoms with Crippen molar-refractivity contribution >= 4 is 13.7 Å². The van der Waals surface area contributed by atoms with Crippen LogP contribution >= 0.6 is 0 Å². The van der Waals surface area contributed by atoms with E-state index in [-0.39, 0.29) is 24.1 Å². The molecule has 0 aliphatic rings. The lowest BCUT2D eigenvalue weighted by molar-refractivity contribution is 0.0149. The number of ether oxygens (including phenoxy) is 2. The van der Waals surface area contributed by atoms with Gasteiger partial charge in [-0.2, -0.15) is 0 Å². The van der Waals surface area contributed by atoms with Crippen LogP contribution in [0.3, 0.4) is 0 Å². The van der Waals surface area contributed by atoms with Crippen LogP contribution in [-0.2, 0) is 9.47 Å². The van der Waals surface area contributed by atoms with Gasteiger partial charge in [0.25, 0.3) is 0 Å². The predicted molar refractivity (Wildman–Crippen MR) is 63.0 cm³/mol. The summed E-state index contributed by atoms with van der Waals surface area (Å²) in [5.74, 6) is -0.0558. The molecule has 0 aromatic heterocycles. The number of carbonyl (C=O) groups is 1. The summed E-state index contributed by atoms with van der Waals surface area (Å²) in [5, 5.41) is 2.80. The van der Waals surface area contributed by atoms with Crippen molar-refractivity contribution in [3.8, 4) is 0 Å². The van der Waals surface area contributed by atoms with Crippen LogP contribution in [0, 0.1) is 0 Å². The molecule has 0 aliphatic heterocycles. The van der Waals surface area contributed by atoms with Crippen LogP contribution in [0.4, 0.5) is 4.79 Å². The lowest BCUT2D eigenvalue weighted by atomic mass is 10.1. The number of rotatable bonds is 7. The van der Waals surface area contributed by atoms with Gasteiger partial charge in [0.2, 0.25) is 7.85 Å². The third-order valence-electron chi connectivity index (χ3n) is 1.67. The Labute approximate surface area is 93.1 Å². The van der Waals surface area contributed by atoms with E-state index in [4.69, 9.17) is 9.47 Å². The second-order valence-electron chi connectivity index (χ2n) is 4.16. The van der Waals surface area contributed by atoms with Gasteiger partial charge in [0.05, 0.1) is 31.5 Å². The molecule has 0 aromatic rings. The lowest BCUT2D eigenvalue weighted by Gasteiger charge is -2.20. The molecule has 0 saturated carbocycles. The summed E-state index contributed by atoms with van der Waals surface area (Å²) >= 11 is 0. The van der Waals surface area contributed by atoms with E-state index < -0.39 is 0 Å². The standard InChI is InChI=1S/C10H22BNO3/c1-7(2)14-5-9(12-10(11)13)6-15-8(3)4/h7-9H,5-6,11H2,1-4H3,(H,12,13). The molecule has 0 heterocycles. The number of hydrogen-bond acceptors (Lipinski definition) is 3. The van der Waals surface area contributed by atoms with Crippen molar-refractivity contribution < 1.29 is 14.3 Å². The molecule has 0 spiro atoms. The largest absolute Gasteiger partial charge is 0.377 e. The van der Waals surface area contributed by atoms with Crippen LogP contribution < -0.4 is 5.32 Å². The number of hydrogen-bond donors (Lipinski definition) is 1. The third-order valence-corrected chi connectivity index (χ3v) is 1.67. The van der Waals surface area contributed by atoms with Crippen LogP contribution in [0.2, 0.25) is 0 Å². The van der Waals surface area contributed by atoms with Crippen LogP contribution in [0.1, 0.15) is 27.7 Å². The monoisotopic (exact) mass is 215 g/mol. The molecule has 1 amide bonds. The first-order valence-electron chi connectivity index (χ1n) is 5.42. The number of amides is 1. The molecule has 0 fully saturated rings. The Morgan fingerprint density at radius 1 is 1.13 bits per heavy atom. The van der Waals surface area contributed by atoms with Crippen LogP contribution in [-0.4, -0.2) is 45.1 Å². The first-order valence-corrected chi connectivity index (χ1v) is 5.42. The molecule has 4 nitrogen and oxygen atoms in total. The first-order chi connectivity index (χ1) is 6.91. The zero-order chi connectivity index (χ0) is 11.8. The third kappa shape index (κ3) is 9.75. The summed E-state index contributed by atoms with van der Waals surface area (Å²) in [7, 11) is 1.50. The second-order valence-corrected chi connectivity index (χ2v) is 4.16. The molecule has 0 rings (SSSR count). The summed E-state index contributed by atoms with van der Waals surface area (Å²) in [6.45, 7) is 8.85. The van der Waals surface area contributed by atoms with Gasteiger partial charge < -0.3 is 14.8 Å². The van der Waals surface area contributed by atoms with E-state index in [0.717, 1.165) is 0 Å². The fourth-order valence-electron chi connectivity index (χ4n) is 1.04. The van der Waals surface area contributed by atoms with E-state index in [0.29, 0.717) is 13.2 Å². The van der Waals surface area contributed by atoms with Crippen molar-refractivity contribution in [1.82, 2.24) is 5.32 Å². The molecule has 1 N–H and O–H groups in total. The molecule has 0 atom stereocenters. The lowest BCUT2D eigenvalue weighted by Crippen LogP contribution is -2.42. The smallest absolute Gasteiger partial charge is 0.215 e. The van der Waals surface area contributed by atoms with E-state index in [2.05, 4.69) is 5.32 Å². The minimum atomic E-state index is -0.0627. The molecule has 88 valence electrons. The molecule has 0 unspecified atom stereocenters. The van der Waals surface area contributed by atoms with Gasteiger partial charge in [-0.3, -0.25) is 4.79 Å². The van der Waals surface area contributed by atoms with Crippen molar-refractivity contribution in [2.75, 3.05) is 13.2 Å². The summed E-state index contributed by atoms with van der Waals surface area (Å²) in [4.78, 5) is 10.9. The summed E-state index contributed by atoms with van der Waals surface area (Å²) < 4.78 is 10.9. The van der Waals surface area contributed by atoms with Crippen molar-refractivity contribution in [3.05, 3.63) is 0 Å². The molecule has 0 saturated heterocycles. The van der Waals surface area contributed by atoms with Crippen molar-refractivity contribution in [2.24, 2.45) is 0 Å². The maximum Gasteiger partial charge on any atom is 0.215 e. The Morgan fingerprint density at radius 3 is 1.80 bits per heavy atom. The Hall–Kier alpha value is -0.545. The summed E-state index contributed by atoms with van der Waals surface area (Å²) in [6, 6.07) is -0.0627. The summed E-state index contributed by atoms with van der Waals surface area (Å²) in [5.41, 5.74) is 0. The Kier molecular flexibility index (Phi) is 7.43. The molecule has 5 heteroatoms. The van der Waals surface area contributed by atoms with Crippen molar-refractivity contribution in [1.29, 1.82) is 0 Å². The quantitative estimate of drug-likeness (QED) is 0.631. The van der Waals surface area contributed by atoms with Gasteiger partial charge in [-0.1, -0.05) is 0 Å². The van der Waals surface area contributed by atoms with E-state index in [1.54, 1.807) is 0 Å². The Morgan fingerprint density at radius 2 is 1.53 bits per heavy atom. The van der Waals surface area contributed by atoms with Crippen LogP contribution in [0.5, 0.6) is 0 Å². The van der Waals surface area contributed by atoms with Gasteiger partial charge in [-0.15, -0.1) is 0 Å². The van der Waals surface area contributed by atoms with Crippen molar-refractivity contribution in [2.45, 2.75) is 45.9 Å². The highest BCUT2D eigenvalue weighted by molar-refractivity contribution is 6.57. The summed E-state index contributed by atoms with van der Waals surface area (Å²) in [6.07, 6.45) is 0.334. The van der Waals surface area contributed by atoms with Crippen molar-refractivity contribution in [3.63, 3.8) is 0 Å². The fourth-order valence-corrected chi connectivity index (χ4v) is 1.04. The predicted octanol–water partition coefficient (Wildman–Crippen LogP) is 0.548. The Bertz CT molecular complexity index is 174. The average Bonchev–Trinajstić information content (AvgIpc) is 2.08. The maximum atomic E-state index is 10.9. The minimum Gasteiger partial charge on any atom is -0.377 e. The fraction of sp³-hybridized carbons (Fsp3) is 0.900. The Balaban J connectivity index is 3.89. The molecular formula is C10H22BNO3. The highest BCUT2D eigenvalue weighted by atomic mass is 16.5. The van der Waals surface area contributed by atoms with E-state index >= 15 is 0 Å². The average molecular weight is 215 g/mol. The zero-order valence-electron chi connectivity index (χ0n) is 10.4. The maximum absolute atomic E-state index is 10.9. The molecule has 0 aliphatic carbocycles. The first kappa shape index (κ1) is 14.5. The molecule has 15 heavy (non-hydrogen) atoms. The van der Waals surface area contributed by atoms with Gasteiger partial charge in [0, 0.05) is 0 Å². The van der Waals surface area contributed by atoms with Crippen LogP contribution in [0.15, 0.2) is 0 Å². The van der Waals surface area contributed by atoms with Gasteiger partial charge in [0.15, 0.2) is 5.81 Å². The topological polar surface area (TPSA) is 47.6 Å². The van der Waals surface area contributed by atoms with Gasteiger partial charge in [-0.05, 0) is 27.7 Å². The van der Waals surface area contributed by atoms with Gasteiger partial charge in [0.1, 0.15) is 0 Å². The zero-order valence-corrected chi connectivity index (χ0v) is 10.4. The van der Waals surface area contributed by atoms with E-state index in [9.17, 15) is 4.79 Å². The van der Waals surface area contributed by atoms with E-state index in [1.807, 2.05) is 27.7 Å². The molecule has 0 aromatic carbocycles. The SMILES string of the molecule is BC(=O)NC(COC(C)C)COC(C)C. The van der Waals surface area contributed by atoms with E-state index in [1.165, 1.54) is 7.85 Å². The van der Waals surface area contributed by atoms with Crippen LogP contribution in [0.25, 0.3) is 0 Å².